The second kappa shape index (κ2) is 8.99. The van der Waals surface area contributed by atoms with Gasteiger partial charge in [-0.3, -0.25) is 0 Å². The topological polar surface area (TPSA) is 68.2 Å². The highest BCUT2D eigenvalue weighted by molar-refractivity contribution is 5.68. The maximum absolute atomic E-state index is 14.3. The van der Waals surface area contributed by atoms with Crippen LogP contribution in [0.1, 0.15) is 40.2 Å². The molecular weight excluding hydrogens is 347 g/mol. The smallest absolute Gasteiger partial charge is 0.407 e. The van der Waals surface area contributed by atoms with Crippen molar-refractivity contribution in [3.05, 3.63) is 48.3 Å². The van der Waals surface area contributed by atoms with Crippen molar-refractivity contribution in [2.45, 2.75) is 52.8 Å². The van der Waals surface area contributed by atoms with Gasteiger partial charge in [0.05, 0.1) is 12.0 Å². The Morgan fingerprint density at radius 3 is 2.63 bits per heavy atom. The molecule has 1 atom stereocenters. The van der Waals surface area contributed by atoms with Gasteiger partial charge in [-0.1, -0.05) is 19.9 Å². The van der Waals surface area contributed by atoms with E-state index in [1.165, 1.54) is 6.07 Å². The van der Waals surface area contributed by atoms with Crippen LogP contribution in [0.3, 0.4) is 0 Å². The molecule has 1 aromatic carbocycles. The molecule has 0 saturated heterocycles. The molecule has 1 aromatic heterocycles. The summed E-state index contributed by atoms with van der Waals surface area (Å²) in [5.41, 5.74) is 0.757. The zero-order valence-corrected chi connectivity index (χ0v) is 16.6. The van der Waals surface area contributed by atoms with Gasteiger partial charge in [-0.15, -0.1) is 0 Å². The number of hydrogen-bond donors (Lipinski definition) is 2. The minimum absolute atomic E-state index is 0.0880. The van der Waals surface area contributed by atoms with Crippen LogP contribution in [0.25, 0.3) is 5.69 Å². The Labute approximate surface area is 160 Å². The van der Waals surface area contributed by atoms with Crippen LogP contribution < -0.4 is 10.6 Å². The molecule has 2 aromatic rings. The number of amides is 1. The molecule has 0 aliphatic heterocycles. The summed E-state index contributed by atoms with van der Waals surface area (Å²) in [6, 6.07) is 5.02. The quantitative estimate of drug-likeness (QED) is 0.774. The van der Waals surface area contributed by atoms with Crippen LogP contribution in [-0.2, 0) is 11.3 Å². The molecule has 0 aliphatic rings. The minimum Gasteiger partial charge on any atom is -0.444 e. The van der Waals surface area contributed by atoms with Crippen molar-refractivity contribution < 1.29 is 13.9 Å². The van der Waals surface area contributed by atoms with Crippen LogP contribution in [0.4, 0.5) is 9.18 Å². The molecule has 1 amide bonds. The van der Waals surface area contributed by atoms with Crippen molar-refractivity contribution in [3.8, 4) is 5.69 Å². The van der Waals surface area contributed by atoms with E-state index >= 15 is 0 Å². The standard InChI is InChI=1S/C20H29FN4O2/c1-14(2)17(24-19(26)27-20(3,4)5)12-23-11-15-6-7-18(16(21)10-15)25-9-8-22-13-25/h6-10,13-14,17,23H,11-12H2,1-5H3,(H,24,26). The predicted octanol–water partition coefficient (Wildman–Crippen LogP) is 3.65. The number of carbonyl (C=O) groups is 1. The third-order valence-corrected chi connectivity index (χ3v) is 3.99. The van der Waals surface area contributed by atoms with Gasteiger partial charge in [0.2, 0.25) is 0 Å². The number of imidazole rings is 1. The Morgan fingerprint density at radius 2 is 2.07 bits per heavy atom. The van der Waals surface area contributed by atoms with E-state index in [1.807, 2.05) is 40.7 Å². The van der Waals surface area contributed by atoms with Gasteiger partial charge in [-0.2, -0.15) is 0 Å². The van der Waals surface area contributed by atoms with E-state index in [4.69, 9.17) is 4.74 Å². The number of carbonyl (C=O) groups excluding carboxylic acids is 1. The molecule has 0 aliphatic carbocycles. The second-order valence-corrected chi connectivity index (χ2v) is 7.88. The van der Waals surface area contributed by atoms with Gasteiger partial charge in [-0.25, -0.2) is 14.2 Å². The van der Waals surface area contributed by atoms with Crippen LogP contribution in [-0.4, -0.2) is 33.8 Å². The maximum atomic E-state index is 14.3. The van der Waals surface area contributed by atoms with Crippen LogP contribution in [0.2, 0.25) is 0 Å². The summed E-state index contributed by atoms with van der Waals surface area (Å²) in [5, 5.41) is 6.17. The molecule has 1 heterocycles. The summed E-state index contributed by atoms with van der Waals surface area (Å²) in [6.07, 6.45) is 4.44. The zero-order chi connectivity index (χ0) is 20.0. The van der Waals surface area contributed by atoms with Crippen LogP contribution in [0.15, 0.2) is 36.9 Å². The largest absolute Gasteiger partial charge is 0.444 e. The summed E-state index contributed by atoms with van der Waals surface area (Å²) >= 11 is 0. The summed E-state index contributed by atoms with van der Waals surface area (Å²) in [6.45, 7) is 10.6. The second-order valence-electron chi connectivity index (χ2n) is 7.88. The molecule has 27 heavy (non-hydrogen) atoms. The third kappa shape index (κ3) is 6.67. The number of aromatic nitrogens is 2. The van der Waals surface area contributed by atoms with E-state index in [2.05, 4.69) is 15.6 Å². The third-order valence-electron chi connectivity index (χ3n) is 3.99. The highest BCUT2D eigenvalue weighted by Crippen LogP contribution is 2.15. The lowest BCUT2D eigenvalue weighted by molar-refractivity contribution is 0.0490. The fourth-order valence-electron chi connectivity index (χ4n) is 2.56. The Bertz CT molecular complexity index is 739. The first-order valence-corrected chi connectivity index (χ1v) is 9.12. The Hall–Kier alpha value is -2.41. The average molecular weight is 376 g/mol. The molecule has 6 nitrogen and oxygen atoms in total. The van der Waals surface area contributed by atoms with Gasteiger partial charge in [0.1, 0.15) is 11.4 Å². The van der Waals surface area contributed by atoms with Gasteiger partial charge in [0.15, 0.2) is 0 Å². The van der Waals surface area contributed by atoms with E-state index in [9.17, 15) is 9.18 Å². The SMILES string of the molecule is CC(C)C(CNCc1ccc(-n2ccnc2)c(F)c1)NC(=O)OC(C)(C)C. The first kappa shape index (κ1) is 20.9. The van der Waals surface area contributed by atoms with Crippen LogP contribution >= 0.6 is 0 Å². The fraction of sp³-hybridized carbons (Fsp3) is 0.500. The summed E-state index contributed by atoms with van der Waals surface area (Å²) in [5.74, 6) is -0.0787. The average Bonchev–Trinajstić information content (AvgIpc) is 3.06. The number of halogens is 1. The number of nitrogens with one attached hydrogen (secondary N) is 2. The Balaban J connectivity index is 1.89. The molecule has 148 valence electrons. The van der Waals surface area contributed by atoms with Crippen molar-refractivity contribution in [2.75, 3.05) is 6.54 Å². The highest BCUT2D eigenvalue weighted by Gasteiger charge is 2.21. The lowest BCUT2D eigenvalue weighted by atomic mass is 10.0. The van der Waals surface area contributed by atoms with E-state index in [1.54, 1.807) is 29.4 Å². The number of benzene rings is 1. The number of nitrogens with zero attached hydrogens (tertiary/aromatic N) is 2. The van der Waals surface area contributed by atoms with Gasteiger partial charge in [0.25, 0.3) is 0 Å². The monoisotopic (exact) mass is 376 g/mol. The molecule has 1 unspecified atom stereocenters. The van der Waals surface area contributed by atoms with Crippen LogP contribution in [0, 0.1) is 11.7 Å². The maximum Gasteiger partial charge on any atom is 0.407 e. The van der Waals surface area contributed by atoms with Crippen molar-refractivity contribution in [1.82, 2.24) is 20.2 Å². The lowest BCUT2D eigenvalue weighted by Crippen LogP contribution is -2.46. The van der Waals surface area contributed by atoms with Gasteiger partial charge in [-0.05, 0) is 44.4 Å². The van der Waals surface area contributed by atoms with E-state index in [-0.39, 0.29) is 17.8 Å². The summed E-state index contributed by atoms with van der Waals surface area (Å²) in [4.78, 5) is 15.9. The first-order chi connectivity index (χ1) is 12.7. The first-order valence-electron chi connectivity index (χ1n) is 9.12. The number of rotatable bonds is 7. The Morgan fingerprint density at radius 1 is 1.33 bits per heavy atom. The number of alkyl carbamates (subject to hydrolysis) is 1. The van der Waals surface area contributed by atoms with Gasteiger partial charge < -0.3 is 19.9 Å². The normalized spacial score (nSPS) is 12.9. The van der Waals surface area contributed by atoms with Crippen molar-refractivity contribution in [2.24, 2.45) is 5.92 Å². The molecular formula is C20H29FN4O2. The molecule has 2 N–H and O–H groups in total. The molecule has 0 fully saturated rings. The lowest BCUT2D eigenvalue weighted by Gasteiger charge is -2.26. The minimum atomic E-state index is -0.534. The van der Waals surface area contributed by atoms with Gasteiger partial charge >= 0.3 is 6.09 Å². The van der Waals surface area contributed by atoms with Crippen molar-refractivity contribution in [1.29, 1.82) is 0 Å². The number of ether oxygens (including phenoxy) is 1. The molecule has 2 rings (SSSR count). The molecule has 0 spiro atoms. The zero-order valence-electron chi connectivity index (χ0n) is 16.6. The van der Waals surface area contributed by atoms with E-state index < -0.39 is 11.7 Å². The molecule has 0 radical (unpaired) electrons. The van der Waals surface area contributed by atoms with Crippen molar-refractivity contribution in [3.63, 3.8) is 0 Å². The Kier molecular flexibility index (Phi) is 6.96. The molecule has 7 heteroatoms. The summed E-state index contributed by atoms with van der Waals surface area (Å²) < 4.78 is 21.3. The fourth-order valence-corrected chi connectivity index (χ4v) is 2.56. The van der Waals surface area contributed by atoms with Crippen LogP contribution in [0.5, 0.6) is 0 Å². The van der Waals surface area contributed by atoms with Crippen molar-refractivity contribution >= 4 is 6.09 Å². The predicted molar refractivity (Wildman–Crippen MR) is 103 cm³/mol. The van der Waals surface area contributed by atoms with Gasteiger partial charge in [0, 0.05) is 31.5 Å². The molecule has 0 saturated carbocycles. The number of hydrogen-bond acceptors (Lipinski definition) is 4. The summed E-state index contributed by atoms with van der Waals surface area (Å²) in [7, 11) is 0. The molecule has 0 bridgehead atoms. The highest BCUT2D eigenvalue weighted by atomic mass is 19.1. The van der Waals surface area contributed by atoms with E-state index in [0.717, 1.165) is 5.56 Å². The van der Waals surface area contributed by atoms with E-state index in [0.29, 0.717) is 18.8 Å².